The van der Waals surface area contributed by atoms with Gasteiger partial charge in [-0.3, -0.25) is 9.59 Å². The Hall–Kier alpha value is -3.26. The minimum absolute atomic E-state index is 0.0261. The van der Waals surface area contributed by atoms with Crippen molar-refractivity contribution in [3.8, 4) is 0 Å². The molecule has 14 heteroatoms. The number of aromatic amines is 1. The topological polar surface area (TPSA) is 128 Å². The van der Waals surface area contributed by atoms with Crippen LogP contribution < -0.4 is 21.1 Å². The van der Waals surface area contributed by atoms with Crippen molar-refractivity contribution < 1.29 is 22.7 Å². The summed E-state index contributed by atoms with van der Waals surface area (Å²) in [7, 11) is 0. The van der Waals surface area contributed by atoms with Crippen LogP contribution in [-0.4, -0.2) is 89.5 Å². The lowest BCUT2D eigenvalue weighted by Gasteiger charge is -2.35. The first-order valence-corrected chi connectivity index (χ1v) is 12.7. The van der Waals surface area contributed by atoms with Gasteiger partial charge >= 0.3 is 6.18 Å². The second kappa shape index (κ2) is 12.5. The molecule has 2 aromatic rings. The number of aromatic nitrogens is 4. The molecule has 208 valence electrons. The molecule has 2 fully saturated rings. The van der Waals surface area contributed by atoms with Crippen LogP contribution in [0.25, 0.3) is 0 Å². The molecule has 0 aromatic carbocycles. The van der Waals surface area contributed by atoms with Gasteiger partial charge in [-0.25, -0.2) is 15.1 Å². The van der Waals surface area contributed by atoms with E-state index in [1.165, 1.54) is 0 Å². The summed E-state index contributed by atoms with van der Waals surface area (Å²) in [6, 6.07) is -0.0261. The maximum absolute atomic E-state index is 12.7. The van der Waals surface area contributed by atoms with Crippen molar-refractivity contribution >= 4 is 17.5 Å². The van der Waals surface area contributed by atoms with Gasteiger partial charge in [-0.2, -0.15) is 18.3 Å². The number of piperidine rings is 1. The molecule has 0 aliphatic carbocycles. The van der Waals surface area contributed by atoms with Gasteiger partial charge in [0.05, 0.1) is 43.1 Å². The van der Waals surface area contributed by atoms with Crippen LogP contribution in [0, 0.1) is 12.8 Å². The molecule has 0 unspecified atom stereocenters. The van der Waals surface area contributed by atoms with E-state index in [-0.39, 0.29) is 36.5 Å². The third kappa shape index (κ3) is 7.19. The lowest BCUT2D eigenvalue weighted by molar-refractivity contribution is -0.138. The number of H-pyrrole nitrogens is 1. The molecule has 38 heavy (non-hydrogen) atoms. The number of carbonyl (C=O) groups is 1. The minimum Gasteiger partial charge on any atom is -0.379 e. The standard InChI is InChI=1S/C24H33F3N8O3/c1-16-19(14-31-33-22(16)37)32-20(17-2-5-28-6-3-17)15-38-11-4-21(36)34-7-9-35(10-8-34)23-29-12-18(13-30-23)24(25,26)27/h12-14,17,20,28H,2-11,15H2,1H3,(H2,32,33,37)/t20-/m0/s1. The maximum atomic E-state index is 12.7. The molecule has 2 aliphatic heterocycles. The molecule has 4 rings (SSSR count). The number of ether oxygens (including phenoxy) is 1. The highest BCUT2D eigenvalue weighted by Crippen LogP contribution is 2.28. The van der Waals surface area contributed by atoms with Gasteiger partial charge in [-0.05, 0) is 38.8 Å². The van der Waals surface area contributed by atoms with Crippen molar-refractivity contribution in [2.45, 2.75) is 38.4 Å². The second-order valence-corrected chi connectivity index (χ2v) is 9.54. The normalized spacial score (nSPS) is 17.9. The monoisotopic (exact) mass is 538 g/mol. The van der Waals surface area contributed by atoms with Gasteiger partial charge in [0, 0.05) is 44.1 Å². The fourth-order valence-electron chi connectivity index (χ4n) is 4.66. The van der Waals surface area contributed by atoms with Gasteiger partial charge in [-0.1, -0.05) is 0 Å². The van der Waals surface area contributed by atoms with Crippen LogP contribution in [0.15, 0.2) is 23.4 Å². The van der Waals surface area contributed by atoms with Crippen LogP contribution in [0.4, 0.5) is 24.8 Å². The number of carbonyl (C=O) groups excluding carboxylic acids is 1. The average Bonchev–Trinajstić information content (AvgIpc) is 2.93. The van der Waals surface area contributed by atoms with Crippen LogP contribution in [-0.2, 0) is 15.7 Å². The van der Waals surface area contributed by atoms with Crippen molar-refractivity contribution in [3.05, 3.63) is 40.1 Å². The van der Waals surface area contributed by atoms with E-state index in [0.717, 1.165) is 38.3 Å². The molecular formula is C24H33F3N8O3. The Kier molecular flexibility index (Phi) is 9.15. The lowest BCUT2D eigenvalue weighted by Crippen LogP contribution is -2.49. The van der Waals surface area contributed by atoms with Crippen LogP contribution in [0.5, 0.6) is 0 Å². The predicted molar refractivity (Wildman–Crippen MR) is 134 cm³/mol. The third-order valence-electron chi connectivity index (χ3n) is 7.04. The van der Waals surface area contributed by atoms with Crippen molar-refractivity contribution in [3.63, 3.8) is 0 Å². The Morgan fingerprint density at radius 1 is 1.16 bits per heavy atom. The van der Waals surface area contributed by atoms with Gasteiger partial charge in [0.25, 0.3) is 5.56 Å². The molecule has 2 aliphatic rings. The molecule has 3 N–H and O–H groups in total. The van der Waals surface area contributed by atoms with E-state index in [4.69, 9.17) is 4.74 Å². The molecule has 2 saturated heterocycles. The van der Waals surface area contributed by atoms with Crippen LogP contribution in [0.3, 0.4) is 0 Å². The molecule has 0 bridgehead atoms. The quantitative estimate of drug-likeness (QED) is 0.406. The molecule has 2 aromatic heterocycles. The van der Waals surface area contributed by atoms with Crippen molar-refractivity contribution in [1.29, 1.82) is 0 Å². The number of hydrogen-bond donors (Lipinski definition) is 3. The second-order valence-electron chi connectivity index (χ2n) is 9.54. The molecule has 0 saturated carbocycles. The Morgan fingerprint density at radius 3 is 2.50 bits per heavy atom. The highest BCUT2D eigenvalue weighted by Gasteiger charge is 2.32. The van der Waals surface area contributed by atoms with Crippen LogP contribution in [0.1, 0.15) is 30.4 Å². The number of amides is 1. The number of rotatable bonds is 9. The zero-order valence-electron chi connectivity index (χ0n) is 21.3. The van der Waals surface area contributed by atoms with Crippen molar-refractivity contribution in [2.24, 2.45) is 5.92 Å². The van der Waals surface area contributed by atoms with E-state index in [0.29, 0.717) is 50.0 Å². The average molecular weight is 539 g/mol. The van der Waals surface area contributed by atoms with Gasteiger partial charge in [0.15, 0.2) is 0 Å². The zero-order valence-corrected chi connectivity index (χ0v) is 21.3. The molecule has 1 amide bonds. The Bertz CT molecular complexity index is 1110. The zero-order chi connectivity index (χ0) is 27.1. The summed E-state index contributed by atoms with van der Waals surface area (Å²) in [5.74, 6) is 0.529. The van der Waals surface area contributed by atoms with Crippen LogP contribution in [0.2, 0.25) is 0 Å². The van der Waals surface area contributed by atoms with E-state index in [9.17, 15) is 22.8 Å². The van der Waals surface area contributed by atoms with E-state index < -0.39 is 11.7 Å². The number of alkyl halides is 3. The summed E-state index contributed by atoms with van der Waals surface area (Å²) in [4.78, 5) is 35.8. The van der Waals surface area contributed by atoms with Gasteiger partial charge in [-0.15, -0.1) is 0 Å². The largest absolute Gasteiger partial charge is 0.419 e. The first kappa shape index (κ1) is 27.8. The van der Waals surface area contributed by atoms with E-state index in [2.05, 4.69) is 30.8 Å². The molecule has 0 spiro atoms. The van der Waals surface area contributed by atoms with Gasteiger partial charge < -0.3 is 25.2 Å². The molecule has 0 radical (unpaired) electrons. The summed E-state index contributed by atoms with van der Waals surface area (Å²) in [6.07, 6.45) is 0.843. The minimum atomic E-state index is -4.48. The van der Waals surface area contributed by atoms with E-state index in [1.807, 2.05) is 0 Å². The van der Waals surface area contributed by atoms with Crippen LogP contribution >= 0.6 is 0 Å². The predicted octanol–water partition coefficient (Wildman–Crippen LogP) is 1.42. The lowest BCUT2D eigenvalue weighted by atomic mass is 9.90. The number of nitrogens with zero attached hydrogens (tertiary/aromatic N) is 5. The molecule has 1 atom stereocenters. The van der Waals surface area contributed by atoms with E-state index >= 15 is 0 Å². The highest BCUT2D eigenvalue weighted by molar-refractivity contribution is 5.76. The number of hydrogen-bond acceptors (Lipinski definition) is 9. The Morgan fingerprint density at radius 2 is 1.84 bits per heavy atom. The summed E-state index contributed by atoms with van der Waals surface area (Å²) in [5.41, 5.74) is 0.106. The van der Waals surface area contributed by atoms with E-state index in [1.54, 1.807) is 22.9 Å². The maximum Gasteiger partial charge on any atom is 0.419 e. The Labute approximate surface area is 218 Å². The highest BCUT2D eigenvalue weighted by atomic mass is 19.4. The molecule has 11 nitrogen and oxygen atoms in total. The fourth-order valence-corrected chi connectivity index (χ4v) is 4.66. The van der Waals surface area contributed by atoms with Gasteiger partial charge in [0.1, 0.15) is 0 Å². The Balaban J connectivity index is 1.23. The molecule has 4 heterocycles. The molecular weight excluding hydrogens is 505 g/mol. The fraction of sp³-hybridized carbons (Fsp3) is 0.625. The third-order valence-corrected chi connectivity index (χ3v) is 7.04. The number of anilines is 2. The number of nitrogens with one attached hydrogen (secondary N) is 3. The number of piperazine rings is 1. The first-order chi connectivity index (χ1) is 18.2. The number of halogens is 3. The summed E-state index contributed by atoms with van der Waals surface area (Å²) < 4.78 is 44.1. The first-order valence-electron chi connectivity index (χ1n) is 12.7. The van der Waals surface area contributed by atoms with Crippen molar-refractivity contribution in [2.75, 3.05) is 62.7 Å². The SMILES string of the molecule is Cc1c(N[C@@H](COCCC(=O)N2CCN(c3ncc(C(F)(F)F)cn3)CC2)C2CCNCC2)cn[nH]c1=O. The summed E-state index contributed by atoms with van der Waals surface area (Å²) in [5, 5.41) is 13.1. The van der Waals surface area contributed by atoms with Gasteiger partial charge in [0.2, 0.25) is 11.9 Å². The summed E-state index contributed by atoms with van der Waals surface area (Å²) >= 11 is 0. The smallest absolute Gasteiger partial charge is 0.379 e. The van der Waals surface area contributed by atoms with Crippen molar-refractivity contribution in [1.82, 2.24) is 30.4 Å². The summed E-state index contributed by atoms with van der Waals surface area (Å²) in [6.45, 7) is 5.95.